The first kappa shape index (κ1) is 13.7. The monoisotopic (exact) mass is 328 g/mol. The average molecular weight is 330 g/mol. The van der Waals surface area contributed by atoms with Crippen molar-refractivity contribution in [1.29, 1.82) is 0 Å². The van der Waals surface area contributed by atoms with Crippen LogP contribution < -0.4 is 0 Å². The van der Waals surface area contributed by atoms with Crippen LogP contribution in [0.15, 0.2) is 24.5 Å². The maximum Gasteiger partial charge on any atom is 0.128 e. The van der Waals surface area contributed by atoms with E-state index in [-0.39, 0.29) is 0 Å². The number of imidazole rings is 2. The summed E-state index contributed by atoms with van der Waals surface area (Å²) in [5.74, 6) is 2.00. The molecule has 2 aromatic heterocycles. The van der Waals surface area contributed by atoms with Crippen LogP contribution in [-0.4, -0.2) is 19.1 Å². The van der Waals surface area contributed by atoms with E-state index < -0.39 is 0 Å². The lowest BCUT2D eigenvalue weighted by Gasteiger charge is -2.08. The largest absolute Gasteiger partial charge is 0.337 e. The molecule has 1 aromatic carbocycles. The zero-order chi connectivity index (χ0) is 14.3. The fourth-order valence-corrected chi connectivity index (χ4v) is 2.66. The minimum absolute atomic E-state index is 0.314. The Labute approximate surface area is 130 Å². The Bertz CT molecular complexity index is 775. The van der Waals surface area contributed by atoms with Gasteiger partial charge in [0, 0.05) is 19.4 Å². The van der Waals surface area contributed by atoms with Crippen molar-refractivity contribution in [3.05, 3.63) is 46.2 Å². The number of aromatic nitrogens is 4. The molecule has 0 saturated heterocycles. The van der Waals surface area contributed by atoms with Gasteiger partial charge in [-0.1, -0.05) is 23.2 Å². The second-order valence-corrected chi connectivity index (χ2v) is 5.54. The molecule has 0 aliphatic heterocycles. The van der Waals surface area contributed by atoms with E-state index in [4.69, 9.17) is 34.8 Å². The van der Waals surface area contributed by atoms with Crippen LogP contribution in [0.3, 0.4) is 0 Å². The van der Waals surface area contributed by atoms with Gasteiger partial charge in [-0.25, -0.2) is 9.97 Å². The van der Waals surface area contributed by atoms with Gasteiger partial charge in [-0.05, 0) is 12.1 Å². The van der Waals surface area contributed by atoms with Crippen molar-refractivity contribution in [3.8, 4) is 0 Å². The van der Waals surface area contributed by atoms with Crippen LogP contribution in [0.1, 0.15) is 11.6 Å². The first-order chi connectivity index (χ1) is 9.60. The predicted molar refractivity (Wildman–Crippen MR) is 81.6 cm³/mol. The van der Waals surface area contributed by atoms with Gasteiger partial charge in [-0.15, -0.1) is 11.6 Å². The van der Waals surface area contributed by atoms with E-state index in [1.165, 1.54) is 0 Å². The Morgan fingerprint density at radius 2 is 1.90 bits per heavy atom. The summed E-state index contributed by atoms with van der Waals surface area (Å²) in [6, 6.07) is 3.56. The number of halogens is 3. The third-order valence-corrected chi connectivity index (χ3v) is 4.17. The number of nitrogens with zero attached hydrogens (tertiary/aromatic N) is 4. The summed E-state index contributed by atoms with van der Waals surface area (Å²) in [5, 5.41) is 0.989. The van der Waals surface area contributed by atoms with Gasteiger partial charge in [-0.3, -0.25) is 0 Å². The van der Waals surface area contributed by atoms with Crippen molar-refractivity contribution in [3.63, 3.8) is 0 Å². The molecule has 3 aromatic rings. The molecule has 20 heavy (non-hydrogen) atoms. The first-order valence-electron chi connectivity index (χ1n) is 5.96. The van der Waals surface area contributed by atoms with E-state index in [1.807, 2.05) is 28.4 Å². The molecule has 0 aliphatic rings. The number of alkyl halides is 1. The molecule has 0 radical (unpaired) electrons. The molecule has 4 nitrogen and oxygen atoms in total. The molecule has 2 heterocycles. The van der Waals surface area contributed by atoms with Crippen LogP contribution >= 0.6 is 34.8 Å². The van der Waals surface area contributed by atoms with Gasteiger partial charge < -0.3 is 9.13 Å². The molecule has 7 heteroatoms. The molecule has 0 unspecified atom stereocenters. The van der Waals surface area contributed by atoms with Crippen molar-refractivity contribution in [2.75, 3.05) is 0 Å². The summed E-state index contributed by atoms with van der Waals surface area (Å²) in [7, 11) is 1.95. The summed E-state index contributed by atoms with van der Waals surface area (Å²) in [6.45, 7) is 0.583. The van der Waals surface area contributed by atoms with E-state index in [2.05, 4.69) is 9.97 Å². The molecular weight excluding hydrogens is 319 g/mol. The van der Waals surface area contributed by atoms with Crippen molar-refractivity contribution in [2.45, 2.75) is 12.4 Å². The van der Waals surface area contributed by atoms with Crippen molar-refractivity contribution >= 4 is 45.8 Å². The molecule has 0 amide bonds. The molecule has 3 rings (SSSR count). The van der Waals surface area contributed by atoms with Crippen molar-refractivity contribution in [2.24, 2.45) is 7.05 Å². The first-order valence-corrected chi connectivity index (χ1v) is 7.25. The second-order valence-electron chi connectivity index (χ2n) is 4.46. The van der Waals surface area contributed by atoms with Gasteiger partial charge >= 0.3 is 0 Å². The predicted octanol–water partition coefficient (Wildman–Crippen LogP) is 3.86. The number of fused-ring (bicyclic) bond motifs is 1. The lowest BCUT2D eigenvalue weighted by molar-refractivity contribution is 0.693. The number of aryl methyl sites for hydroxylation is 1. The highest BCUT2D eigenvalue weighted by Gasteiger charge is 2.14. The van der Waals surface area contributed by atoms with Crippen LogP contribution in [-0.2, 0) is 19.5 Å². The lowest BCUT2D eigenvalue weighted by atomic mass is 10.3. The third-order valence-electron chi connectivity index (χ3n) is 3.21. The van der Waals surface area contributed by atoms with E-state index in [0.29, 0.717) is 22.5 Å². The average Bonchev–Trinajstić information content (AvgIpc) is 2.96. The third kappa shape index (κ3) is 2.28. The highest BCUT2D eigenvalue weighted by Crippen LogP contribution is 2.29. The Kier molecular flexibility index (Phi) is 3.63. The van der Waals surface area contributed by atoms with Crippen LogP contribution in [0.4, 0.5) is 0 Å². The molecule has 0 spiro atoms. The summed E-state index contributed by atoms with van der Waals surface area (Å²) in [5.41, 5.74) is 1.68. The van der Waals surface area contributed by atoms with Gasteiger partial charge in [-0.2, -0.15) is 0 Å². The van der Waals surface area contributed by atoms with Gasteiger partial charge in [0.2, 0.25) is 0 Å². The minimum atomic E-state index is 0.314. The van der Waals surface area contributed by atoms with E-state index in [0.717, 1.165) is 22.7 Å². The molecule has 0 bridgehead atoms. The summed E-state index contributed by atoms with van der Waals surface area (Å²) in [6.07, 6.45) is 3.66. The fourth-order valence-electron chi connectivity index (χ4n) is 2.14. The van der Waals surface area contributed by atoms with Crippen LogP contribution in [0.2, 0.25) is 10.0 Å². The quantitative estimate of drug-likeness (QED) is 0.684. The van der Waals surface area contributed by atoms with Crippen LogP contribution in [0, 0.1) is 0 Å². The van der Waals surface area contributed by atoms with Crippen molar-refractivity contribution < 1.29 is 0 Å². The van der Waals surface area contributed by atoms with E-state index in [1.54, 1.807) is 12.3 Å². The zero-order valence-electron chi connectivity index (χ0n) is 10.6. The van der Waals surface area contributed by atoms with Gasteiger partial charge in [0.25, 0.3) is 0 Å². The van der Waals surface area contributed by atoms with E-state index >= 15 is 0 Å². The maximum atomic E-state index is 6.10. The Hall–Kier alpha value is -1.23. The van der Waals surface area contributed by atoms with Crippen LogP contribution in [0.25, 0.3) is 11.0 Å². The molecule has 104 valence electrons. The smallest absolute Gasteiger partial charge is 0.128 e. The molecule has 0 fully saturated rings. The number of hydrogen-bond donors (Lipinski definition) is 0. The number of hydrogen-bond acceptors (Lipinski definition) is 2. The number of benzene rings is 1. The lowest BCUT2D eigenvalue weighted by Crippen LogP contribution is -2.08. The summed E-state index contributed by atoms with van der Waals surface area (Å²) >= 11 is 18.1. The fraction of sp³-hybridized carbons (Fsp3) is 0.231. The Morgan fingerprint density at radius 3 is 2.55 bits per heavy atom. The molecule has 0 saturated carbocycles. The molecule has 0 atom stereocenters. The molecule has 0 aliphatic carbocycles. The minimum Gasteiger partial charge on any atom is -0.337 e. The van der Waals surface area contributed by atoms with Gasteiger partial charge in [0.1, 0.15) is 11.6 Å². The molecule has 0 N–H and O–H groups in total. The zero-order valence-corrected chi connectivity index (χ0v) is 12.9. The highest BCUT2D eigenvalue weighted by atomic mass is 35.5. The SMILES string of the molecule is Cn1ccnc1Cn1c(CCl)nc2cc(Cl)c(Cl)cc21. The Balaban J connectivity index is 2.17. The number of rotatable bonds is 3. The molecular formula is C13H11Cl3N4. The summed E-state index contributed by atoms with van der Waals surface area (Å²) < 4.78 is 3.97. The topological polar surface area (TPSA) is 35.6 Å². The Morgan fingerprint density at radius 1 is 1.15 bits per heavy atom. The summed E-state index contributed by atoms with van der Waals surface area (Å²) in [4.78, 5) is 8.82. The van der Waals surface area contributed by atoms with Gasteiger partial charge in [0.05, 0.1) is 33.5 Å². The highest BCUT2D eigenvalue weighted by molar-refractivity contribution is 6.42. The maximum absolute atomic E-state index is 6.10. The van der Waals surface area contributed by atoms with E-state index in [9.17, 15) is 0 Å². The standard InChI is InChI=1S/C13H11Cl3N4/c1-19-3-2-17-13(19)7-20-11-5-9(16)8(15)4-10(11)18-12(20)6-14/h2-5H,6-7H2,1H3. The second kappa shape index (κ2) is 5.28. The normalized spacial score (nSPS) is 11.4. The van der Waals surface area contributed by atoms with Gasteiger partial charge in [0.15, 0.2) is 0 Å². The van der Waals surface area contributed by atoms with Crippen molar-refractivity contribution in [1.82, 2.24) is 19.1 Å². The van der Waals surface area contributed by atoms with Crippen LogP contribution in [0.5, 0.6) is 0 Å².